The van der Waals surface area contributed by atoms with Crippen LogP contribution in [0.4, 0.5) is 0 Å². The molecule has 7 heteroatoms. The molecule has 0 saturated heterocycles. The predicted molar refractivity (Wildman–Crippen MR) is 84.1 cm³/mol. The van der Waals surface area contributed by atoms with Crippen LogP contribution in [0, 0.1) is 0 Å². The van der Waals surface area contributed by atoms with Gasteiger partial charge in [0.2, 0.25) is 5.91 Å². The molecular weight excluding hydrogens is 300 g/mol. The molecule has 0 aliphatic heterocycles. The van der Waals surface area contributed by atoms with Crippen molar-refractivity contribution in [2.24, 2.45) is 0 Å². The SMILES string of the molecule is CC(C(=O)NCCNC1CCCCCC1)S(C)(=O)=O.Cl. The Hall–Kier alpha value is -0.330. The van der Waals surface area contributed by atoms with Crippen LogP contribution >= 0.6 is 12.4 Å². The summed E-state index contributed by atoms with van der Waals surface area (Å²) in [4.78, 5) is 11.6. The Bertz CT molecular complexity index is 379. The number of rotatable bonds is 6. The van der Waals surface area contributed by atoms with E-state index in [0.29, 0.717) is 19.1 Å². The maximum absolute atomic E-state index is 11.6. The van der Waals surface area contributed by atoms with Crippen molar-refractivity contribution in [3.63, 3.8) is 0 Å². The van der Waals surface area contributed by atoms with Crippen LogP contribution in [0.25, 0.3) is 0 Å². The Morgan fingerprint density at radius 1 is 1.15 bits per heavy atom. The molecule has 1 rings (SSSR count). The Morgan fingerprint density at radius 2 is 1.70 bits per heavy atom. The molecule has 0 heterocycles. The molecule has 1 unspecified atom stereocenters. The largest absolute Gasteiger partial charge is 0.354 e. The first-order valence-electron chi connectivity index (χ1n) is 7.11. The van der Waals surface area contributed by atoms with E-state index in [0.717, 1.165) is 6.26 Å². The summed E-state index contributed by atoms with van der Waals surface area (Å²) in [7, 11) is -3.30. The summed E-state index contributed by atoms with van der Waals surface area (Å²) in [6.45, 7) is 2.60. The van der Waals surface area contributed by atoms with Crippen LogP contribution in [0.3, 0.4) is 0 Å². The highest BCUT2D eigenvalue weighted by Gasteiger charge is 2.22. The van der Waals surface area contributed by atoms with E-state index in [4.69, 9.17) is 0 Å². The van der Waals surface area contributed by atoms with E-state index in [1.807, 2.05) is 0 Å². The molecule has 5 nitrogen and oxygen atoms in total. The molecule has 120 valence electrons. The highest BCUT2D eigenvalue weighted by molar-refractivity contribution is 7.92. The minimum atomic E-state index is -3.30. The molecule has 1 saturated carbocycles. The molecule has 0 radical (unpaired) electrons. The number of hydrogen-bond donors (Lipinski definition) is 2. The van der Waals surface area contributed by atoms with Crippen molar-refractivity contribution < 1.29 is 13.2 Å². The zero-order chi connectivity index (χ0) is 14.3. The van der Waals surface area contributed by atoms with Crippen LogP contribution in [0.5, 0.6) is 0 Å². The van der Waals surface area contributed by atoms with Crippen molar-refractivity contribution in [1.82, 2.24) is 10.6 Å². The highest BCUT2D eigenvalue weighted by Crippen LogP contribution is 2.16. The van der Waals surface area contributed by atoms with Gasteiger partial charge in [-0.1, -0.05) is 25.7 Å². The van der Waals surface area contributed by atoms with Crippen molar-refractivity contribution in [1.29, 1.82) is 0 Å². The van der Waals surface area contributed by atoms with Crippen LogP contribution in [-0.2, 0) is 14.6 Å². The summed E-state index contributed by atoms with van der Waals surface area (Å²) >= 11 is 0. The van der Waals surface area contributed by atoms with Gasteiger partial charge in [0.1, 0.15) is 5.25 Å². The fourth-order valence-corrected chi connectivity index (χ4v) is 2.76. The van der Waals surface area contributed by atoms with Gasteiger partial charge in [-0.3, -0.25) is 4.79 Å². The number of carbonyl (C=O) groups is 1. The lowest BCUT2D eigenvalue weighted by atomic mass is 10.1. The first-order chi connectivity index (χ1) is 8.91. The Labute approximate surface area is 128 Å². The van der Waals surface area contributed by atoms with Crippen LogP contribution in [0.2, 0.25) is 0 Å². The number of halogens is 1. The highest BCUT2D eigenvalue weighted by atomic mass is 35.5. The van der Waals surface area contributed by atoms with Crippen LogP contribution in [0.1, 0.15) is 45.4 Å². The molecule has 1 aliphatic carbocycles. The number of nitrogens with one attached hydrogen (secondary N) is 2. The third-order valence-electron chi connectivity index (χ3n) is 3.72. The minimum absolute atomic E-state index is 0. The summed E-state index contributed by atoms with van der Waals surface area (Å²) in [6.07, 6.45) is 8.67. The molecule has 0 aromatic rings. The van der Waals surface area contributed by atoms with E-state index in [-0.39, 0.29) is 12.4 Å². The average molecular weight is 327 g/mol. The summed E-state index contributed by atoms with van der Waals surface area (Å²) in [6, 6.07) is 0.548. The second-order valence-electron chi connectivity index (χ2n) is 5.41. The standard InChI is InChI=1S/C13H26N2O3S.ClH/c1-11(19(2,17)18)13(16)15-10-9-14-12-7-5-3-4-6-8-12;/h11-12,14H,3-10H2,1-2H3,(H,15,16);1H. The minimum Gasteiger partial charge on any atom is -0.354 e. The van der Waals surface area contributed by atoms with Crippen molar-refractivity contribution in [2.45, 2.75) is 56.7 Å². The van der Waals surface area contributed by atoms with E-state index < -0.39 is 21.0 Å². The van der Waals surface area contributed by atoms with Gasteiger partial charge < -0.3 is 10.6 Å². The Balaban J connectivity index is 0.00000361. The van der Waals surface area contributed by atoms with Gasteiger partial charge in [0.15, 0.2) is 9.84 Å². The van der Waals surface area contributed by atoms with Crippen LogP contribution in [0.15, 0.2) is 0 Å². The van der Waals surface area contributed by atoms with E-state index in [1.165, 1.54) is 45.4 Å². The first kappa shape index (κ1) is 19.7. The average Bonchev–Trinajstić information content (AvgIpc) is 2.60. The van der Waals surface area contributed by atoms with Crippen LogP contribution < -0.4 is 10.6 Å². The summed E-state index contributed by atoms with van der Waals surface area (Å²) in [5.74, 6) is -0.412. The number of sulfone groups is 1. The van der Waals surface area contributed by atoms with Crippen LogP contribution in [-0.4, -0.2) is 45.0 Å². The number of hydrogen-bond acceptors (Lipinski definition) is 4. The maximum atomic E-state index is 11.6. The van der Waals surface area contributed by atoms with Gasteiger partial charge in [0.25, 0.3) is 0 Å². The lowest BCUT2D eigenvalue weighted by molar-refractivity contribution is -0.120. The molecule has 1 amide bonds. The number of amides is 1. The molecule has 1 fully saturated rings. The van der Waals surface area contributed by atoms with Gasteiger partial charge >= 0.3 is 0 Å². The Morgan fingerprint density at radius 3 is 2.20 bits per heavy atom. The van der Waals surface area contributed by atoms with Gasteiger partial charge in [0, 0.05) is 25.4 Å². The molecule has 2 N–H and O–H groups in total. The molecule has 0 bridgehead atoms. The normalized spacial score (nSPS) is 18.7. The third kappa shape index (κ3) is 7.45. The van der Waals surface area contributed by atoms with Crippen molar-refractivity contribution in [3.8, 4) is 0 Å². The quantitative estimate of drug-likeness (QED) is 0.569. The molecule has 0 aromatic carbocycles. The van der Waals surface area contributed by atoms with E-state index in [2.05, 4.69) is 10.6 Å². The topological polar surface area (TPSA) is 75.3 Å². The fourth-order valence-electron chi connectivity index (χ4n) is 2.28. The molecule has 0 spiro atoms. The molecular formula is C13H27ClN2O3S. The lowest BCUT2D eigenvalue weighted by Crippen LogP contribution is -2.42. The van der Waals surface area contributed by atoms with Crippen molar-refractivity contribution in [3.05, 3.63) is 0 Å². The molecule has 0 aromatic heterocycles. The van der Waals surface area contributed by atoms with Gasteiger partial charge in [-0.15, -0.1) is 12.4 Å². The summed E-state index contributed by atoms with van der Waals surface area (Å²) < 4.78 is 22.4. The smallest absolute Gasteiger partial charge is 0.238 e. The third-order valence-corrected chi connectivity index (χ3v) is 5.22. The lowest BCUT2D eigenvalue weighted by Gasteiger charge is -2.17. The zero-order valence-electron chi connectivity index (χ0n) is 12.4. The van der Waals surface area contributed by atoms with E-state index in [9.17, 15) is 13.2 Å². The zero-order valence-corrected chi connectivity index (χ0v) is 14.0. The molecule has 1 aliphatic rings. The fraction of sp³-hybridized carbons (Fsp3) is 0.923. The van der Waals surface area contributed by atoms with Crippen molar-refractivity contribution in [2.75, 3.05) is 19.3 Å². The second-order valence-corrected chi connectivity index (χ2v) is 7.77. The summed E-state index contributed by atoms with van der Waals surface area (Å²) in [5, 5.41) is 5.13. The summed E-state index contributed by atoms with van der Waals surface area (Å²) in [5.41, 5.74) is 0. The second kappa shape index (κ2) is 9.58. The molecule has 20 heavy (non-hydrogen) atoms. The monoisotopic (exact) mass is 326 g/mol. The van der Waals surface area contributed by atoms with Gasteiger partial charge in [0.05, 0.1) is 0 Å². The van der Waals surface area contributed by atoms with E-state index in [1.54, 1.807) is 0 Å². The van der Waals surface area contributed by atoms with E-state index >= 15 is 0 Å². The first-order valence-corrected chi connectivity index (χ1v) is 9.06. The predicted octanol–water partition coefficient (Wildman–Crippen LogP) is 1.27. The van der Waals surface area contributed by atoms with Gasteiger partial charge in [-0.25, -0.2) is 8.42 Å². The Kier molecular flexibility index (Phi) is 9.42. The molecule has 1 atom stereocenters. The van der Waals surface area contributed by atoms with Crippen molar-refractivity contribution >= 4 is 28.2 Å². The van der Waals surface area contributed by atoms with Gasteiger partial charge in [-0.2, -0.15) is 0 Å². The maximum Gasteiger partial charge on any atom is 0.238 e. The van der Waals surface area contributed by atoms with Gasteiger partial charge in [-0.05, 0) is 19.8 Å². The number of carbonyl (C=O) groups excluding carboxylic acids is 1.